The normalized spacial score (nSPS) is 17.9. The van der Waals surface area contributed by atoms with E-state index >= 15 is 0 Å². The molecule has 0 bridgehead atoms. The van der Waals surface area contributed by atoms with E-state index in [1.165, 1.54) is 0 Å². The molecule has 4 heteroatoms. The predicted octanol–water partition coefficient (Wildman–Crippen LogP) is 1.36. The molecule has 2 heterocycles. The number of nitrogens with zero attached hydrogens (tertiary/aromatic N) is 1. The lowest BCUT2D eigenvalue weighted by atomic mass is 9.97. The van der Waals surface area contributed by atoms with Gasteiger partial charge in [-0.2, -0.15) is 0 Å². The van der Waals surface area contributed by atoms with E-state index in [1.54, 1.807) is 6.07 Å². The molecule has 16 heavy (non-hydrogen) atoms. The maximum Gasteiger partial charge on any atom is 0.251 e. The van der Waals surface area contributed by atoms with Crippen LogP contribution in [0.3, 0.4) is 0 Å². The highest BCUT2D eigenvalue weighted by Crippen LogP contribution is 2.22. The maximum atomic E-state index is 11.5. The third kappa shape index (κ3) is 2.50. The fraction of sp³-hybridized carbons (Fsp3) is 0.667. The molecule has 4 nitrogen and oxygen atoms in total. The number of hydrogen-bond donors (Lipinski definition) is 2. The molecule has 1 saturated heterocycles. The molecule has 0 atom stereocenters. The van der Waals surface area contributed by atoms with E-state index < -0.39 is 0 Å². The highest BCUT2D eigenvalue weighted by atomic mass is 16.1. The second-order valence-electron chi connectivity index (χ2n) is 4.73. The monoisotopic (exact) mass is 221 g/mol. The number of hydrogen-bond acceptors (Lipinski definition) is 3. The Bertz CT molecular complexity index is 405. The zero-order valence-corrected chi connectivity index (χ0v) is 9.92. The molecule has 0 saturated carbocycles. The van der Waals surface area contributed by atoms with Crippen LogP contribution in [-0.4, -0.2) is 23.1 Å². The Morgan fingerprint density at radius 1 is 1.38 bits per heavy atom. The van der Waals surface area contributed by atoms with E-state index in [9.17, 15) is 4.79 Å². The van der Waals surface area contributed by atoms with E-state index in [2.05, 4.69) is 29.1 Å². The highest BCUT2D eigenvalue weighted by Gasteiger charge is 2.18. The van der Waals surface area contributed by atoms with Crippen molar-refractivity contribution in [3.63, 3.8) is 0 Å². The highest BCUT2D eigenvalue weighted by molar-refractivity contribution is 5.09. The molecule has 0 amide bonds. The Labute approximate surface area is 95.5 Å². The van der Waals surface area contributed by atoms with Gasteiger partial charge in [0, 0.05) is 12.0 Å². The van der Waals surface area contributed by atoms with E-state index in [0.717, 1.165) is 37.4 Å². The van der Waals surface area contributed by atoms with Crippen molar-refractivity contribution in [1.82, 2.24) is 15.3 Å². The minimum absolute atomic E-state index is 0.0211. The zero-order valence-electron chi connectivity index (χ0n) is 9.92. The van der Waals surface area contributed by atoms with Gasteiger partial charge in [0.15, 0.2) is 0 Å². The molecule has 0 aromatic carbocycles. The summed E-state index contributed by atoms with van der Waals surface area (Å²) < 4.78 is 0. The van der Waals surface area contributed by atoms with E-state index in [1.807, 2.05) is 0 Å². The number of piperidine rings is 1. The molecule has 1 aromatic rings. The number of nitrogens with one attached hydrogen (secondary N) is 2. The van der Waals surface area contributed by atoms with Crippen molar-refractivity contribution in [2.75, 3.05) is 13.1 Å². The van der Waals surface area contributed by atoms with Crippen LogP contribution in [0.1, 0.15) is 50.0 Å². The Kier molecular flexibility index (Phi) is 3.39. The van der Waals surface area contributed by atoms with Crippen molar-refractivity contribution in [2.24, 2.45) is 0 Å². The third-order valence-corrected chi connectivity index (χ3v) is 3.10. The van der Waals surface area contributed by atoms with Crippen LogP contribution in [0.2, 0.25) is 0 Å². The zero-order chi connectivity index (χ0) is 11.5. The van der Waals surface area contributed by atoms with Crippen molar-refractivity contribution >= 4 is 0 Å². The minimum atomic E-state index is -0.0211. The fourth-order valence-electron chi connectivity index (χ4n) is 2.08. The molecule has 0 aliphatic carbocycles. The summed E-state index contributed by atoms with van der Waals surface area (Å²) in [5.41, 5.74) is 0.879. The molecule has 1 aromatic heterocycles. The van der Waals surface area contributed by atoms with Gasteiger partial charge in [-0.05, 0) is 31.8 Å². The quantitative estimate of drug-likeness (QED) is 0.792. The molecule has 1 aliphatic heterocycles. The van der Waals surface area contributed by atoms with Gasteiger partial charge in [0.25, 0.3) is 5.56 Å². The predicted molar refractivity (Wildman–Crippen MR) is 63.8 cm³/mol. The van der Waals surface area contributed by atoms with Crippen LogP contribution in [0.25, 0.3) is 0 Å². The molecule has 2 rings (SSSR count). The number of rotatable bonds is 2. The van der Waals surface area contributed by atoms with Crippen molar-refractivity contribution in [3.8, 4) is 0 Å². The van der Waals surface area contributed by atoms with Crippen LogP contribution in [0.5, 0.6) is 0 Å². The van der Waals surface area contributed by atoms with E-state index in [4.69, 9.17) is 0 Å². The second-order valence-corrected chi connectivity index (χ2v) is 4.73. The largest absolute Gasteiger partial charge is 0.317 e. The molecule has 88 valence electrons. The fourth-order valence-corrected chi connectivity index (χ4v) is 2.08. The summed E-state index contributed by atoms with van der Waals surface area (Å²) >= 11 is 0. The van der Waals surface area contributed by atoms with Gasteiger partial charge in [0.1, 0.15) is 5.82 Å². The first-order chi connectivity index (χ1) is 7.66. The molecule has 0 unspecified atom stereocenters. The first-order valence-electron chi connectivity index (χ1n) is 5.98. The third-order valence-electron chi connectivity index (χ3n) is 3.10. The van der Waals surface area contributed by atoms with Crippen LogP contribution >= 0.6 is 0 Å². The maximum absolute atomic E-state index is 11.5. The van der Waals surface area contributed by atoms with Crippen molar-refractivity contribution in [3.05, 3.63) is 27.9 Å². The van der Waals surface area contributed by atoms with E-state index in [-0.39, 0.29) is 5.56 Å². The molecule has 0 spiro atoms. The van der Waals surface area contributed by atoms with Crippen molar-refractivity contribution < 1.29 is 0 Å². The molecule has 2 N–H and O–H groups in total. The lowest BCUT2D eigenvalue weighted by Crippen LogP contribution is -2.29. The minimum Gasteiger partial charge on any atom is -0.317 e. The van der Waals surface area contributed by atoms with Gasteiger partial charge in [-0.1, -0.05) is 13.8 Å². The molecule has 1 aliphatic rings. The summed E-state index contributed by atoms with van der Waals surface area (Å²) in [6, 6.07) is 1.61. The van der Waals surface area contributed by atoms with Crippen LogP contribution in [0.15, 0.2) is 10.9 Å². The summed E-state index contributed by atoms with van der Waals surface area (Å²) in [7, 11) is 0. The summed E-state index contributed by atoms with van der Waals surface area (Å²) in [4.78, 5) is 19.0. The van der Waals surface area contributed by atoms with E-state index in [0.29, 0.717) is 11.8 Å². The Balaban J connectivity index is 2.29. The van der Waals surface area contributed by atoms with Gasteiger partial charge in [0.2, 0.25) is 0 Å². The van der Waals surface area contributed by atoms with Crippen LogP contribution < -0.4 is 10.9 Å². The Morgan fingerprint density at radius 2 is 2.06 bits per heavy atom. The first-order valence-corrected chi connectivity index (χ1v) is 5.98. The number of H-pyrrole nitrogens is 1. The van der Waals surface area contributed by atoms with Gasteiger partial charge < -0.3 is 10.3 Å². The summed E-state index contributed by atoms with van der Waals surface area (Å²) in [5.74, 6) is 1.59. The van der Waals surface area contributed by atoms with Gasteiger partial charge in [-0.3, -0.25) is 4.79 Å². The van der Waals surface area contributed by atoms with Gasteiger partial charge in [-0.15, -0.1) is 0 Å². The van der Waals surface area contributed by atoms with Gasteiger partial charge in [0.05, 0.1) is 5.69 Å². The van der Waals surface area contributed by atoms with Crippen molar-refractivity contribution in [2.45, 2.75) is 38.5 Å². The SMILES string of the molecule is CC(C)c1cc(=O)[nH]c(C2CCNCC2)n1. The first kappa shape index (κ1) is 11.3. The smallest absolute Gasteiger partial charge is 0.251 e. The average Bonchev–Trinajstić information content (AvgIpc) is 2.29. The molecule has 0 radical (unpaired) electrons. The second kappa shape index (κ2) is 4.78. The Morgan fingerprint density at radius 3 is 2.69 bits per heavy atom. The lowest BCUT2D eigenvalue weighted by molar-refractivity contribution is 0.442. The average molecular weight is 221 g/mol. The Hall–Kier alpha value is -1.16. The molecular weight excluding hydrogens is 202 g/mol. The van der Waals surface area contributed by atoms with Gasteiger partial charge in [-0.25, -0.2) is 4.98 Å². The standard InChI is InChI=1S/C12H19N3O/c1-8(2)10-7-11(16)15-12(14-10)9-3-5-13-6-4-9/h7-9,13H,3-6H2,1-2H3,(H,14,15,16). The lowest BCUT2D eigenvalue weighted by Gasteiger charge is -2.22. The molecular formula is C12H19N3O. The molecule has 1 fully saturated rings. The van der Waals surface area contributed by atoms with Gasteiger partial charge >= 0.3 is 0 Å². The summed E-state index contributed by atoms with van der Waals surface area (Å²) in [6.45, 7) is 6.16. The van der Waals surface area contributed by atoms with Crippen LogP contribution in [0, 0.1) is 0 Å². The van der Waals surface area contributed by atoms with Crippen molar-refractivity contribution in [1.29, 1.82) is 0 Å². The number of aromatic nitrogens is 2. The van der Waals surface area contributed by atoms with Crippen LogP contribution in [0.4, 0.5) is 0 Å². The summed E-state index contributed by atoms with van der Waals surface area (Å²) in [5, 5.41) is 3.32. The summed E-state index contributed by atoms with van der Waals surface area (Å²) in [6.07, 6.45) is 2.12. The van der Waals surface area contributed by atoms with Crippen LogP contribution in [-0.2, 0) is 0 Å². The topological polar surface area (TPSA) is 57.8 Å². The number of aromatic amines is 1.